The Hall–Kier alpha value is -2.00. The quantitative estimate of drug-likeness (QED) is 0.904. The SMILES string of the molecule is CC(C)Oc1cccc(CNC(=O)c2ccccc2Cl)c1. The monoisotopic (exact) mass is 303 g/mol. The maximum Gasteiger partial charge on any atom is 0.253 e. The van der Waals surface area contributed by atoms with Crippen molar-refractivity contribution in [2.45, 2.75) is 26.5 Å². The first kappa shape index (κ1) is 15.4. The van der Waals surface area contributed by atoms with Crippen LogP contribution in [0.2, 0.25) is 5.02 Å². The van der Waals surface area contributed by atoms with Crippen molar-refractivity contribution >= 4 is 17.5 Å². The number of carbonyl (C=O) groups excluding carboxylic acids is 1. The van der Waals surface area contributed by atoms with Crippen molar-refractivity contribution in [3.63, 3.8) is 0 Å². The zero-order chi connectivity index (χ0) is 15.2. The van der Waals surface area contributed by atoms with E-state index in [2.05, 4.69) is 5.32 Å². The van der Waals surface area contributed by atoms with Crippen molar-refractivity contribution in [3.8, 4) is 5.75 Å². The highest BCUT2D eigenvalue weighted by Crippen LogP contribution is 2.16. The highest BCUT2D eigenvalue weighted by Gasteiger charge is 2.09. The standard InChI is InChI=1S/C17H18ClNO2/c1-12(2)21-14-7-5-6-13(10-14)11-19-17(20)15-8-3-4-9-16(15)18/h3-10,12H,11H2,1-2H3,(H,19,20). The molecule has 0 aliphatic carbocycles. The molecular formula is C17H18ClNO2. The zero-order valence-corrected chi connectivity index (χ0v) is 12.9. The average Bonchev–Trinajstić information content (AvgIpc) is 2.45. The molecule has 0 aliphatic rings. The van der Waals surface area contributed by atoms with E-state index < -0.39 is 0 Å². The first-order valence-electron chi connectivity index (χ1n) is 6.84. The molecule has 21 heavy (non-hydrogen) atoms. The molecule has 4 heteroatoms. The predicted molar refractivity (Wildman–Crippen MR) is 84.8 cm³/mol. The largest absolute Gasteiger partial charge is 0.491 e. The third-order valence-electron chi connectivity index (χ3n) is 2.84. The minimum atomic E-state index is -0.184. The first-order chi connectivity index (χ1) is 10.1. The Morgan fingerprint density at radius 2 is 1.95 bits per heavy atom. The highest BCUT2D eigenvalue weighted by molar-refractivity contribution is 6.33. The van der Waals surface area contributed by atoms with Gasteiger partial charge in [0.2, 0.25) is 0 Å². The van der Waals surface area contributed by atoms with Gasteiger partial charge in [-0.3, -0.25) is 4.79 Å². The van der Waals surface area contributed by atoms with Crippen LogP contribution in [0, 0.1) is 0 Å². The number of nitrogens with one attached hydrogen (secondary N) is 1. The zero-order valence-electron chi connectivity index (χ0n) is 12.1. The molecule has 1 N–H and O–H groups in total. The van der Waals surface area contributed by atoms with E-state index in [0.29, 0.717) is 17.1 Å². The second-order valence-electron chi connectivity index (χ2n) is 4.98. The molecule has 0 atom stereocenters. The van der Waals surface area contributed by atoms with E-state index in [-0.39, 0.29) is 12.0 Å². The van der Waals surface area contributed by atoms with Crippen molar-refractivity contribution < 1.29 is 9.53 Å². The average molecular weight is 304 g/mol. The molecule has 2 rings (SSSR count). The number of halogens is 1. The number of carbonyl (C=O) groups is 1. The molecule has 110 valence electrons. The lowest BCUT2D eigenvalue weighted by atomic mass is 10.2. The summed E-state index contributed by atoms with van der Waals surface area (Å²) in [5, 5.41) is 3.31. The maximum absolute atomic E-state index is 12.1. The normalized spacial score (nSPS) is 10.5. The molecule has 0 heterocycles. The van der Waals surface area contributed by atoms with E-state index in [9.17, 15) is 4.79 Å². The minimum Gasteiger partial charge on any atom is -0.491 e. The van der Waals surface area contributed by atoms with Crippen LogP contribution in [0.5, 0.6) is 5.75 Å². The second kappa shape index (κ2) is 7.14. The summed E-state index contributed by atoms with van der Waals surface area (Å²) >= 11 is 6.00. The maximum atomic E-state index is 12.1. The topological polar surface area (TPSA) is 38.3 Å². The van der Waals surface area contributed by atoms with Gasteiger partial charge < -0.3 is 10.1 Å². The van der Waals surface area contributed by atoms with Gasteiger partial charge in [-0.25, -0.2) is 0 Å². The van der Waals surface area contributed by atoms with Crippen LogP contribution in [0.4, 0.5) is 0 Å². The van der Waals surface area contributed by atoms with E-state index in [1.165, 1.54) is 0 Å². The fraction of sp³-hybridized carbons (Fsp3) is 0.235. The van der Waals surface area contributed by atoms with Crippen molar-refractivity contribution in [3.05, 3.63) is 64.7 Å². The third-order valence-corrected chi connectivity index (χ3v) is 3.17. The molecule has 0 radical (unpaired) electrons. The van der Waals surface area contributed by atoms with Crippen LogP contribution in [0.3, 0.4) is 0 Å². The molecule has 0 fully saturated rings. The van der Waals surface area contributed by atoms with E-state index in [1.807, 2.05) is 38.1 Å². The summed E-state index contributed by atoms with van der Waals surface area (Å²) in [6, 6.07) is 14.7. The molecule has 0 saturated heterocycles. The number of benzene rings is 2. The van der Waals surface area contributed by atoms with Crippen LogP contribution in [0.25, 0.3) is 0 Å². The molecule has 0 aromatic heterocycles. The van der Waals surface area contributed by atoms with Crippen LogP contribution >= 0.6 is 11.6 Å². The van der Waals surface area contributed by atoms with Crippen molar-refractivity contribution in [1.29, 1.82) is 0 Å². The fourth-order valence-electron chi connectivity index (χ4n) is 1.92. The summed E-state index contributed by atoms with van der Waals surface area (Å²) in [7, 11) is 0. The minimum absolute atomic E-state index is 0.123. The van der Waals surface area contributed by atoms with Gasteiger partial charge in [-0.1, -0.05) is 35.9 Å². The van der Waals surface area contributed by atoms with Gasteiger partial charge in [0, 0.05) is 6.54 Å². The van der Waals surface area contributed by atoms with E-state index in [0.717, 1.165) is 11.3 Å². The Bertz CT molecular complexity index is 626. The van der Waals surface area contributed by atoms with Crippen LogP contribution in [0.15, 0.2) is 48.5 Å². The highest BCUT2D eigenvalue weighted by atomic mass is 35.5. The van der Waals surface area contributed by atoms with Crippen LogP contribution in [0.1, 0.15) is 29.8 Å². The van der Waals surface area contributed by atoms with Gasteiger partial charge in [0.1, 0.15) is 5.75 Å². The molecule has 0 bridgehead atoms. The Balaban J connectivity index is 2.00. The number of ether oxygens (including phenoxy) is 1. The summed E-state index contributed by atoms with van der Waals surface area (Å²) in [5.74, 6) is 0.616. The molecule has 2 aromatic carbocycles. The van der Waals surface area contributed by atoms with Crippen molar-refractivity contribution in [2.75, 3.05) is 0 Å². The van der Waals surface area contributed by atoms with Gasteiger partial charge in [0.05, 0.1) is 16.7 Å². The summed E-state index contributed by atoms with van der Waals surface area (Å²) < 4.78 is 5.63. The molecule has 2 aromatic rings. The van der Waals surface area contributed by atoms with Crippen molar-refractivity contribution in [1.82, 2.24) is 5.32 Å². The molecule has 1 amide bonds. The number of hydrogen-bond donors (Lipinski definition) is 1. The summed E-state index contributed by atoms with van der Waals surface area (Å²) in [6.07, 6.45) is 0.123. The number of rotatable bonds is 5. The van der Waals surface area contributed by atoms with Gasteiger partial charge in [0.15, 0.2) is 0 Å². The molecule has 0 saturated carbocycles. The van der Waals surface area contributed by atoms with E-state index in [4.69, 9.17) is 16.3 Å². The Morgan fingerprint density at radius 1 is 1.19 bits per heavy atom. The van der Waals surface area contributed by atoms with Gasteiger partial charge in [0.25, 0.3) is 5.91 Å². The Kier molecular flexibility index (Phi) is 5.23. The Morgan fingerprint density at radius 3 is 2.67 bits per heavy atom. The van der Waals surface area contributed by atoms with Crippen molar-refractivity contribution in [2.24, 2.45) is 0 Å². The summed E-state index contributed by atoms with van der Waals surface area (Å²) in [4.78, 5) is 12.1. The van der Waals surface area contributed by atoms with Crippen LogP contribution in [-0.2, 0) is 6.54 Å². The van der Waals surface area contributed by atoms with Crippen LogP contribution in [-0.4, -0.2) is 12.0 Å². The summed E-state index contributed by atoms with van der Waals surface area (Å²) in [6.45, 7) is 4.39. The summed E-state index contributed by atoms with van der Waals surface area (Å²) in [5.41, 5.74) is 1.46. The third kappa shape index (κ3) is 4.50. The molecular weight excluding hydrogens is 286 g/mol. The molecule has 0 unspecified atom stereocenters. The lowest BCUT2D eigenvalue weighted by molar-refractivity contribution is 0.0951. The predicted octanol–water partition coefficient (Wildman–Crippen LogP) is 4.06. The number of hydrogen-bond acceptors (Lipinski definition) is 2. The van der Waals surface area contributed by atoms with Crippen LogP contribution < -0.4 is 10.1 Å². The first-order valence-corrected chi connectivity index (χ1v) is 7.22. The number of amides is 1. The lowest BCUT2D eigenvalue weighted by Gasteiger charge is -2.11. The molecule has 3 nitrogen and oxygen atoms in total. The molecule has 0 aliphatic heterocycles. The van der Waals surface area contributed by atoms with Gasteiger partial charge in [-0.15, -0.1) is 0 Å². The fourth-order valence-corrected chi connectivity index (χ4v) is 2.15. The van der Waals surface area contributed by atoms with E-state index in [1.54, 1.807) is 24.3 Å². The van der Waals surface area contributed by atoms with E-state index >= 15 is 0 Å². The van der Waals surface area contributed by atoms with Gasteiger partial charge >= 0.3 is 0 Å². The Labute approximate surface area is 129 Å². The second-order valence-corrected chi connectivity index (χ2v) is 5.38. The smallest absolute Gasteiger partial charge is 0.253 e. The van der Waals surface area contributed by atoms with Gasteiger partial charge in [-0.05, 0) is 43.7 Å². The lowest BCUT2D eigenvalue weighted by Crippen LogP contribution is -2.23. The molecule has 0 spiro atoms. The van der Waals surface area contributed by atoms with Gasteiger partial charge in [-0.2, -0.15) is 0 Å².